The van der Waals surface area contributed by atoms with Crippen LogP contribution in [0.2, 0.25) is 0 Å². The summed E-state index contributed by atoms with van der Waals surface area (Å²) in [6.45, 7) is 3.25. The molecule has 1 saturated carbocycles. The van der Waals surface area contributed by atoms with Gasteiger partial charge in [-0.1, -0.05) is 13.3 Å². The molecule has 2 atom stereocenters. The predicted molar refractivity (Wildman–Crippen MR) is 63.7 cm³/mol. The average Bonchev–Trinajstić information content (AvgIpc) is 2.74. The molecular weight excluding hydrogens is 218 g/mol. The highest BCUT2D eigenvalue weighted by molar-refractivity contribution is 5.84. The third kappa shape index (κ3) is 2.61. The Hall–Kier alpha value is -1.06. The van der Waals surface area contributed by atoms with Gasteiger partial charge in [-0.05, 0) is 25.7 Å². The fourth-order valence-corrected chi connectivity index (χ4v) is 2.87. The van der Waals surface area contributed by atoms with E-state index in [9.17, 15) is 9.59 Å². The molecule has 0 aromatic carbocycles. The number of Topliss-reactive ketones (excluding diaryl/α,β-unsaturated/α-hetero) is 1. The van der Waals surface area contributed by atoms with Gasteiger partial charge in [-0.3, -0.25) is 4.79 Å². The Morgan fingerprint density at radius 3 is 3.06 bits per heavy atom. The molecule has 17 heavy (non-hydrogen) atoms. The molecule has 2 aliphatic rings. The zero-order valence-corrected chi connectivity index (χ0v) is 10.5. The van der Waals surface area contributed by atoms with Crippen LogP contribution in [-0.4, -0.2) is 36.0 Å². The molecule has 4 nitrogen and oxygen atoms in total. The molecule has 0 spiro atoms. The molecule has 0 N–H and O–H groups in total. The number of fused-ring (bicyclic) bond motifs is 1. The van der Waals surface area contributed by atoms with E-state index in [4.69, 9.17) is 4.74 Å². The van der Waals surface area contributed by atoms with Crippen LogP contribution < -0.4 is 0 Å². The van der Waals surface area contributed by atoms with Gasteiger partial charge in [-0.2, -0.15) is 0 Å². The van der Waals surface area contributed by atoms with E-state index in [2.05, 4.69) is 6.92 Å². The van der Waals surface area contributed by atoms with Crippen LogP contribution in [0.4, 0.5) is 4.79 Å². The highest BCUT2D eigenvalue weighted by atomic mass is 16.6. The second kappa shape index (κ2) is 5.52. The van der Waals surface area contributed by atoms with Crippen LogP contribution in [0.5, 0.6) is 0 Å². The molecule has 1 aliphatic heterocycles. The summed E-state index contributed by atoms with van der Waals surface area (Å²) in [5, 5.41) is 0. The standard InChI is InChI=1S/C13H21NO3/c1-2-3-9-17-13(16)14-8-7-10-11(14)5-4-6-12(10)15/h10-11H,2-9H2,1H3/t10-,11-/m1/s1. The van der Waals surface area contributed by atoms with Crippen molar-refractivity contribution in [3.05, 3.63) is 0 Å². The van der Waals surface area contributed by atoms with Crippen LogP contribution in [-0.2, 0) is 9.53 Å². The number of rotatable bonds is 3. The van der Waals surface area contributed by atoms with Gasteiger partial charge in [0.15, 0.2) is 0 Å². The first-order chi connectivity index (χ1) is 8.24. The van der Waals surface area contributed by atoms with Crippen molar-refractivity contribution in [1.82, 2.24) is 4.90 Å². The molecule has 0 aromatic heterocycles. The highest BCUT2D eigenvalue weighted by Crippen LogP contribution is 2.34. The third-order valence-electron chi connectivity index (χ3n) is 3.84. The normalized spacial score (nSPS) is 28.1. The molecule has 1 heterocycles. The van der Waals surface area contributed by atoms with E-state index in [1.807, 2.05) is 0 Å². The molecule has 0 unspecified atom stereocenters. The molecule has 0 aromatic rings. The minimum Gasteiger partial charge on any atom is -0.449 e. The quantitative estimate of drug-likeness (QED) is 0.710. The predicted octanol–water partition coefficient (Wildman–Crippen LogP) is 2.37. The minimum atomic E-state index is -0.222. The molecule has 4 heteroatoms. The summed E-state index contributed by atoms with van der Waals surface area (Å²) in [5.41, 5.74) is 0. The van der Waals surface area contributed by atoms with Crippen LogP contribution in [0, 0.1) is 5.92 Å². The van der Waals surface area contributed by atoms with E-state index in [-0.39, 0.29) is 18.1 Å². The van der Waals surface area contributed by atoms with Crippen molar-refractivity contribution in [1.29, 1.82) is 0 Å². The number of ether oxygens (including phenoxy) is 1. The number of unbranched alkanes of at least 4 members (excludes halogenated alkanes) is 1. The minimum absolute atomic E-state index is 0.0856. The van der Waals surface area contributed by atoms with Gasteiger partial charge in [0.1, 0.15) is 5.78 Å². The number of likely N-dealkylation sites (tertiary alicyclic amines) is 1. The molecule has 1 aliphatic carbocycles. The fraction of sp³-hybridized carbons (Fsp3) is 0.846. The van der Waals surface area contributed by atoms with Crippen molar-refractivity contribution < 1.29 is 14.3 Å². The first kappa shape index (κ1) is 12.4. The molecule has 0 radical (unpaired) electrons. The summed E-state index contributed by atoms with van der Waals surface area (Å²) in [4.78, 5) is 25.4. The van der Waals surface area contributed by atoms with Gasteiger partial charge in [0.05, 0.1) is 6.61 Å². The zero-order chi connectivity index (χ0) is 12.3. The maximum absolute atomic E-state index is 11.9. The van der Waals surface area contributed by atoms with Crippen molar-refractivity contribution in [2.45, 2.75) is 51.5 Å². The van der Waals surface area contributed by atoms with E-state index in [0.717, 1.165) is 32.1 Å². The highest BCUT2D eigenvalue weighted by Gasteiger charge is 2.43. The Morgan fingerprint density at radius 1 is 1.47 bits per heavy atom. The SMILES string of the molecule is CCCCOC(=O)N1CC[C@H]2C(=O)CCC[C@H]21. The fourth-order valence-electron chi connectivity index (χ4n) is 2.87. The summed E-state index contributed by atoms with van der Waals surface area (Å²) in [5.74, 6) is 0.424. The van der Waals surface area contributed by atoms with E-state index < -0.39 is 0 Å². The van der Waals surface area contributed by atoms with Crippen molar-refractivity contribution in [3.63, 3.8) is 0 Å². The Kier molecular flexibility index (Phi) is 4.02. The van der Waals surface area contributed by atoms with Crippen LogP contribution in [0.1, 0.15) is 45.4 Å². The molecule has 2 rings (SSSR count). The van der Waals surface area contributed by atoms with Gasteiger partial charge in [-0.15, -0.1) is 0 Å². The largest absolute Gasteiger partial charge is 0.449 e. The second-order valence-corrected chi connectivity index (χ2v) is 4.98. The van der Waals surface area contributed by atoms with Crippen LogP contribution in [0.15, 0.2) is 0 Å². The van der Waals surface area contributed by atoms with Gasteiger partial charge >= 0.3 is 6.09 Å². The lowest BCUT2D eigenvalue weighted by atomic mass is 9.84. The van der Waals surface area contributed by atoms with Crippen molar-refractivity contribution in [3.8, 4) is 0 Å². The van der Waals surface area contributed by atoms with E-state index in [1.165, 1.54) is 0 Å². The second-order valence-electron chi connectivity index (χ2n) is 4.98. The van der Waals surface area contributed by atoms with Crippen molar-refractivity contribution >= 4 is 11.9 Å². The summed E-state index contributed by atoms with van der Waals surface area (Å²) < 4.78 is 5.23. The first-order valence-corrected chi connectivity index (χ1v) is 6.70. The lowest BCUT2D eigenvalue weighted by Crippen LogP contribution is -2.42. The number of amides is 1. The van der Waals surface area contributed by atoms with Gasteiger partial charge in [0.25, 0.3) is 0 Å². The number of hydrogen-bond acceptors (Lipinski definition) is 3. The van der Waals surface area contributed by atoms with Gasteiger partial charge in [0.2, 0.25) is 0 Å². The molecule has 0 bridgehead atoms. The number of carbonyl (C=O) groups excluding carboxylic acids is 2. The monoisotopic (exact) mass is 239 g/mol. The zero-order valence-electron chi connectivity index (χ0n) is 10.5. The maximum atomic E-state index is 11.9. The Labute approximate surface area is 102 Å². The van der Waals surface area contributed by atoms with Gasteiger partial charge in [0, 0.05) is 24.9 Å². The van der Waals surface area contributed by atoms with Crippen molar-refractivity contribution in [2.75, 3.05) is 13.2 Å². The Bertz CT molecular complexity index is 303. The third-order valence-corrected chi connectivity index (χ3v) is 3.84. The Morgan fingerprint density at radius 2 is 2.29 bits per heavy atom. The van der Waals surface area contributed by atoms with Crippen LogP contribution >= 0.6 is 0 Å². The lowest BCUT2D eigenvalue weighted by Gasteiger charge is -2.30. The van der Waals surface area contributed by atoms with Gasteiger partial charge < -0.3 is 9.64 Å². The average molecular weight is 239 g/mol. The summed E-state index contributed by atoms with van der Waals surface area (Å²) in [6.07, 6.45) is 5.11. The lowest BCUT2D eigenvalue weighted by molar-refractivity contribution is -0.125. The Balaban J connectivity index is 1.89. The van der Waals surface area contributed by atoms with Crippen LogP contribution in [0.3, 0.4) is 0 Å². The van der Waals surface area contributed by atoms with Crippen LogP contribution in [0.25, 0.3) is 0 Å². The first-order valence-electron chi connectivity index (χ1n) is 6.70. The number of hydrogen-bond donors (Lipinski definition) is 0. The summed E-state index contributed by atoms with van der Waals surface area (Å²) >= 11 is 0. The molecular formula is C13H21NO3. The summed E-state index contributed by atoms with van der Waals surface area (Å²) in [7, 11) is 0. The topological polar surface area (TPSA) is 46.6 Å². The molecule has 2 fully saturated rings. The van der Waals surface area contributed by atoms with E-state index in [0.29, 0.717) is 25.4 Å². The molecule has 96 valence electrons. The van der Waals surface area contributed by atoms with Gasteiger partial charge in [-0.25, -0.2) is 4.79 Å². The summed E-state index contributed by atoms with van der Waals surface area (Å²) in [6, 6.07) is 0.116. The number of ketones is 1. The molecule has 1 saturated heterocycles. The van der Waals surface area contributed by atoms with E-state index >= 15 is 0 Å². The number of nitrogens with zero attached hydrogens (tertiary/aromatic N) is 1. The van der Waals surface area contributed by atoms with E-state index in [1.54, 1.807) is 4.90 Å². The van der Waals surface area contributed by atoms with Crippen molar-refractivity contribution in [2.24, 2.45) is 5.92 Å². The smallest absolute Gasteiger partial charge is 0.410 e. The maximum Gasteiger partial charge on any atom is 0.410 e. The molecule has 1 amide bonds. The number of carbonyl (C=O) groups is 2.